The van der Waals surface area contributed by atoms with Crippen molar-refractivity contribution in [3.8, 4) is 0 Å². The maximum absolute atomic E-state index is 13.0. The normalized spacial score (nSPS) is 14.8. The number of hydrogen-bond acceptors (Lipinski definition) is 7. The molecule has 1 N–H and O–H groups in total. The van der Waals surface area contributed by atoms with Crippen LogP contribution in [0.5, 0.6) is 0 Å². The second kappa shape index (κ2) is 9.87. The Morgan fingerprint density at radius 3 is 2.48 bits per heavy atom. The Labute approximate surface area is 186 Å². The number of thioether (sulfide) groups is 1. The van der Waals surface area contributed by atoms with Gasteiger partial charge in [0.2, 0.25) is 5.89 Å². The molecule has 1 atom stereocenters. The van der Waals surface area contributed by atoms with E-state index in [-0.39, 0.29) is 5.91 Å². The first-order valence-corrected chi connectivity index (χ1v) is 11.5. The van der Waals surface area contributed by atoms with Gasteiger partial charge >= 0.3 is 6.01 Å². The highest BCUT2D eigenvalue weighted by atomic mass is 32.2. The van der Waals surface area contributed by atoms with E-state index < -0.39 is 6.04 Å². The number of hydrogen-bond donors (Lipinski definition) is 1. The Balaban J connectivity index is 1.54. The van der Waals surface area contributed by atoms with Crippen molar-refractivity contribution >= 4 is 29.4 Å². The third-order valence-corrected chi connectivity index (χ3v) is 6.19. The number of benzene rings is 2. The van der Waals surface area contributed by atoms with Crippen molar-refractivity contribution < 1.29 is 9.21 Å². The Morgan fingerprint density at radius 2 is 1.81 bits per heavy atom. The van der Waals surface area contributed by atoms with E-state index in [0.29, 0.717) is 23.9 Å². The van der Waals surface area contributed by atoms with Crippen molar-refractivity contribution in [1.29, 1.82) is 0 Å². The molecule has 31 heavy (non-hydrogen) atoms. The molecule has 162 valence electrons. The summed E-state index contributed by atoms with van der Waals surface area (Å²) < 4.78 is 6.02. The zero-order chi connectivity index (χ0) is 21.6. The minimum Gasteiger partial charge on any atom is -0.406 e. The number of nitrogens with one attached hydrogen (secondary N) is 1. The molecule has 1 amide bonds. The molecule has 7 nitrogen and oxygen atoms in total. The van der Waals surface area contributed by atoms with Crippen molar-refractivity contribution in [3.05, 3.63) is 71.6 Å². The molecule has 4 rings (SSSR count). The average molecular weight is 438 g/mol. The van der Waals surface area contributed by atoms with E-state index in [2.05, 4.69) is 20.4 Å². The summed E-state index contributed by atoms with van der Waals surface area (Å²) in [6.45, 7) is 1.78. The van der Waals surface area contributed by atoms with Crippen molar-refractivity contribution in [3.63, 3.8) is 0 Å². The number of carbonyl (C=O) groups is 1. The van der Waals surface area contributed by atoms with Crippen LogP contribution in [0.4, 0.5) is 11.7 Å². The van der Waals surface area contributed by atoms with Crippen LogP contribution in [0.25, 0.3) is 0 Å². The predicted molar refractivity (Wildman–Crippen MR) is 125 cm³/mol. The van der Waals surface area contributed by atoms with E-state index in [4.69, 9.17) is 4.42 Å². The highest BCUT2D eigenvalue weighted by molar-refractivity contribution is 7.99. The van der Waals surface area contributed by atoms with Crippen molar-refractivity contribution in [2.45, 2.75) is 12.5 Å². The molecule has 8 heteroatoms. The molecule has 0 unspecified atom stereocenters. The van der Waals surface area contributed by atoms with Gasteiger partial charge in [-0.3, -0.25) is 4.79 Å². The Hall–Kier alpha value is -3.00. The van der Waals surface area contributed by atoms with Crippen LogP contribution in [0, 0.1) is 0 Å². The molecule has 0 aliphatic carbocycles. The molecule has 1 aliphatic rings. The molecule has 0 saturated carbocycles. The van der Waals surface area contributed by atoms with Gasteiger partial charge in [0.25, 0.3) is 5.91 Å². The zero-order valence-corrected chi connectivity index (χ0v) is 18.6. The second-order valence-electron chi connectivity index (χ2n) is 7.68. The molecular weight excluding hydrogens is 410 g/mol. The highest BCUT2D eigenvalue weighted by Crippen LogP contribution is 2.24. The van der Waals surface area contributed by atoms with E-state index >= 15 is 0 Å². The van der Waals surface area contributed by atoms with Crippen molar-refractivity contribution in [1.82, 2.24) is 15.5 Å². The molecule has 2 heterocycles. The monoisotopic (exact) mass is 437 g/mol. The van der Waals surface area contributed by atoms with Crippen LogP contribution in [0.2, 0.25) is 0 Å². The quantitative estimate of drug-likeness (QED) is 0.607. The maximum Gasteiger partial charge on any atom is 0.318 e. The van der Waals surface area contributed by atoms with Crippen LogP contribution < -0.4 is 15.1 Å². The van der Waals surface area contributed by atoms with Crippen LogP contribution >= 0.6 is 11.8 Å². The molecule has 1 aliphatic heterocycles. The summed E-state index contributed by atoms with van der Waals surface area (Å²) in [4.78, 5) is 17.1. The van der Waals surface area contributed by atoms with E-state index in [0.717, 1.165) is 35.8 Å². The molecular formula is C23H27N5O2S. The fourth-order valence-electron chi connectivity index (χ4n) is 3.45. The number of amides is 1. The first kappa shape index (κ1) is 21.2. The minimum absolute atomic E-state index is 0.166. The van der Waals surface area contributed by atoms with Gasteiger partial charge in [-0.05, 0) is 29.8 Å². The van der Waals surface area contributed by atoms with Crippen molar-refractivity contribution in [2.75, 3.05) is 48.5 Å². The average Bonchev–Trinajstić information content (AvgIpc) is 3.30. The molecule has 0 bridgehead atoms. The van der Waals surface area contributed by atoms with Gasteiger partial charge in [-0.15, -0.1) is 5.10 Å². The SMILES string of the molecule is CN(C)c1ccc(C(=O)N[C@@H](Cc2ccccc2)c2nnc(N3CCSCC3)o2)cc1. The minimum atomic E-state index is -0.413. The fraction of sp³-hybridized carbons (Fsp3) is 0.348. The lowest BCUT2D eigenvalue weighted by molar-refractivity contribution is 0.0930. The van der Waals surface area contributed by atoms with Crippen LogP contribution in [-0.4, -0.2) is 54.8 Å². The smallest absolute Gasteiger partial charge is 0.318 e. The summed E-state index contributed by atoms with van der Waals surface area (Å²) in [5.74, 6) is 2.35. The lowest BCUT2D eigenvalue weighted by atomic mass is 10.1. The number of aromatic nitrogens is 2. The highest BCUT2D eigenvalue weighted by Gasteiger charge is 2.24. The Bertz CT molecular complexity index is 985. The summed E-state index contributed by atoms with van der Waals surface area (Å²) in [5.41, 5.74) is 2.72. The standard InChI is InChI=1S/C23H27N5O2S/c1-27(2)19-10-8-18(9-11-19)21(29)24-20(16-17-6-4-3-5-7-17)22-25-26-23(30-22)28-12-14-31-15-13-28/h3-11,20H,12-16H2,1-2H3,(H,24,29)/t20-/m0/s1. The maximum atomic E-state index is 13.0. The number of nitrogens with zero attached hydrogens (tertiary/aromatic N) is 4. The van der Waals surface area contributed by atoms with Gasteiger partial charge in [-0.25, -0.2) is 0 Å². The topological polar surface area (TPSA) is 74.5 Å². The first-order chi connectivity index (χ1) is 15.1. The predicted octanol–water partition coefficient (Wildman–Crippen LogP) is 3.40. The number of carbonyl (C=O) groups excluding carboxylic acids is 1. The van der Waals surface area contributed by atoms with Crippen molar-refractivity contribution in [2.24, 2.45) is 0 Å². The van der Waals surface area contributed by atoms with Crippen LogP contribution in [0.1, 0.15) is 27.9 Å². The molecule has 0 radical (unpaired) electrons. The van der Waals surface area contributed by atoms with Gasteiger partial charge in [-0.1, -0.05) is 35.4 Å². The van der Waals surface area contributed by atoms with E-state index in [1.165, 1.54) is 0 Å². The summed E-state index contributed by atoms with van der Waals surface area (Å²) in [7, 11) is 3.94. The number of anilines is 2. The molecule has 1 saturated heterocycles. The fourth-order valence-corrected chi connectivity index (χ4v) is 4.36. The summed E-state index contributed by atoms with van der Waals surface area (Å²) in [6, 6.07) is 17.6. The largest absolute Gasteiger partial charge is 0.406 e. The van der Waals surface area contributed by atoms with Gasteiger partial charge in [0.1, 0.15) is 6.04 Å². The summed E-state index contributed by atoms with van der Waals surface area (Å²) >= 11 is 1.93. The molecule has 1 fully saturated rings. The van der Waals surface area contributed by atoms with Crippen LogP contribution in [0.3, 0.4) is 0 Å². The van der Waals surface area contributed by atoms with Crippen LogP contribution in [0.15, 0.2) is 59.0 Å². The second-order valence-corrected chi connectivity index (χ2v) is 8.90. The Kier molecular flexibility index (Phi) is 6.76. The van der Waals surface area contributed by atoms with E-state index in [9.17, 15) is 4.79 Å². The lowest BCUT2D eigenvalue weighted by Gasteiger charge is -2.24. The molecule has 1 aromatic heterocycles. The molecule has 2 aromatic carbocycles. The molecule has 3 aromatic rings. The number of rotatable bonds is 7. The summed E-state index contributed by atoms with van der Waals surface area (Å²) in [6.07, 6.45) is 0.569. The third kappa shape index (κ3) is 5.38. The first-order valence-electron chi connectivity index (χ1n) is 10.4. The van der Waals surface area contributed by atoms with Gasteiger partial charge in [-0.2, -0.15) is 11.8 Å². The summed E-state index contributed by atoms with van der Waals surface area (Å²) in [5, 5.41) is 11.6. The zero-order valence-electron chi connectivity index (χ0n) is 17.8. The van der Waals surface area contributed by atoms with E-state index in [1.807, 2.05) is 85.4 Å². The van der Waals surface area contributed by atoms with Gasteiger partial charge in [0, 0.05) is 56.4 Å². The van der Waals surface area contributed by atoms with E-state index in [1.54, 1.807) is 0 Å². The van der Waals surface area contributed by atoms with Gasteiger partial charge in [0.15, 0.2) is 0 Å². The Morgan fingerprint density at radius 1 is 1.10 bits per heavy atom. The lowest BCUT2D eigenvalue weighted by Crippen LogP contribution is -2.32. The third-order valence-electron chi connectivity index (χ3n) is 5.24. The van der Waals surface area contributed by atoms with Gasteiger partial charge < -0.3 is 19.5 Å². The molecule has 0 spiro atoms. The van der Waals surface area contributed by atoms with Gasteiger partial charge in [0.05, 0.1) is 0 Å². The van der Waals surface area contributed by atoms with Crippen LogP contribution in [-0.2, 0) is 6.42 Å².